The zero-order valence-corrected chi connectivity index (χ0v) is 17.9. The molecule has 0 bridgehead atoms. The molecule has 0 aliphatic heterocycles. The molecule has 1 atom stereocenters. The van der Waals surface area contributed by atoms with Gasteiger partial charge in [0.1, 0.15) is 17.4 Å². The van der Waals surface area contributed by atoms with Crippen LogP contribution in [-0.4, -0.2) is 58.7 Å². The molecule has 7 nitrogen and oxygen atoms in total. The summed E-state index contributed by atoms with van der Waals surface area (Å²) in [6.45, 7) is 6.14. The molecule has 1 aromatic carbocycles. The molecule has 27 heavy (non-hydrogen) atoms. The van der Waals surface area contributed by atoms with Crippen LogP contribution in [0.25, 0.3) is 0 Å². The minimum Gasteiger partial charge on any atom is -0.497 e. The van der Waals surface area contributed by atoms with Crippen molar-refractivity contribution in [3.05, 3.63) is 24.3 Å². The highest BCUT2D eigenvalue weighted by Crippen LogP contribution is 2.18. The third-order valence-corrected chi connectivity index (χ3v) is 5.19. The summed E-state index contributed by atoms with van der Waals surface area (Å²) in [5.74, 6) is -0.00855. The van der Waals surface area contributed by atoms with E-state index in [1.807, 2.05) is 19.0 Å². The molecule has 0 unspecified atom stereocenters. The maximum absolute atomic E-state index is 12.7. The summed E-state index contributed by atoms with van der Waals surface area (Å²) in [6, 6.07) is 5.08. The first-order valence-electron chi connectivity index (χ1n) is 8.98. The predicted octanol–water partition coefficient (Wildman–Crippen LogP) is 2.42. The van der Waals surface area contributed by atoms with Gasteiger partial charge < -0.3 is 14.4 Å². The highest BCUT2D eigenvalue weighted by Gasteiger charge is 2.29. The normalized spacial score (nSPS) is 13.4. The van der Waals surface area contributed by atoms with E-state index in [0.717, 1.165) is 13.0 Å². The van der Waals surface area contributed by atoms with E-state index in [4.69, 9.17) is 9.47 Å². The molecule has 0 saturated heterocycles. The summed E-state index contributed by atoms with van der Waals surface area (Å²) < 4.78 is 38.3. The SMILES string of the molecule is COc1ccc(S(=O)(=O)N[C@H](CCCCN(C)C)C(=O)OC(C)(C)C)cc1. The Labute approximate surface area is 163 Å². The molecule has 1 aromatic rings. The average molecular weight is 401 g/mol. The summed E-state index contributed by atoms with van der Waals surface area (Å²) in [5.41, 5.74) is -0.690. The summed E-state index contributed by atoms with van der Waals surface area (Å²) >= 11 is 0. The number of unbranched alkanes of at least 4 members (excludes halogenated alkanes) is 1. The van der Waals surface area contributed by atoms with Gasteiger partial charge >= 0.3 is 5.97 Å². The maximum Gasteiger partial charge on any atom is 0.324 e. The second kappa shape index (κ2) is 10.1. The van der Waals surface area contributed by atoms with Crippen molar-refractivity contribution in [2.45, 2.75) is 56.6 Å². The molecule has 0 saturated carbocycles. The molecular formula is C19H32N2O5S. The van der Waals surface area contributed by atoms with Gasteiger partial charge in [-0.05, 0) is 84.9 Å². The van der Waals surface area contributed by atoms with Crippen molar-refractivity contribution in [1.29, 1.82) is 0 Å². The number of hydrogen-bond donors (Lipinski definition) is 1. The van der Waals surface area contributed by atoms with Gasteiger partial charge in [-0.1, -0.05) is 0 Å². The molecule has 8 heteroatoms. The Balaban J connectivity index is 2.90. The number of methoxy groups -OCH3 is 1. The standard InChI is InChI=1S/C19H32N2O5S/c1-19(2,3)26-18(22)17(9-7-8-14-21(4)5)20-27(23,24)16-12-10-15(25-6)11-13-16/h10-13,17,20H,7-9,14H2,1-6H3/t17-/m1/s1. The molecule has 0 amide bonds. The highest BCUT2D eigenvalue weighted by molar-refractivity contribution is 7.89. The number of esters is 1. The van der Waals surface area contributed by atoms with Gasteiger partial charge in [-0.3, -0.25) is 4.79 Å². The smallest absolute Gasteiger partial charge is 0.324 e. The minimum atomic E-state index is -3.86. The quantitative estimate of drug-likeness (QED) is 0.480. The minimum absolute atomic E-state index is 0.0742. The van der Waals surface area contributed by atoms with Gasteiger partial charge in [0.2, 0.25) is 10.0 Å². The first-order chi connectivity index (χ1) is 12.4. The van der Waals surface area contributed by atoms with E-state index in [1.54, 1.807) is 32.9 Å². The van der Waals surface area contributed by atoms with Crippen molar-refractivity contribution >= 4 is 16.0 Å². The fourth-order valence-corrected chi connectivity index (χ4v) is 3.60. The molecule has 0 aliphatic carbocycles. The Morgan fingerprint density at radius 1 is 1.15 bits per heavy atom. The first kappa shape index (κ1) is 23.4. The molecule has 0 radical (unpaired) electrons. The fraction of sp³-hybridized carbons (Fsp3) is 0.632. The van der Waals surface area contributed by atoms with Gasteiger partial charge in [0.15, 0.2) is 0 Å². The topological polar surface area (TPSA) is 84.9 Å². The van der Waals surface area contributed by atoms with Crippen LogP contribution in [0.15, 0.2) is 29.2 Å². The lowest BCUT2D eigenvalue weighted by atomic mass is 10.1. The van der Waals surface area contributed by atoms with E-state index < -0.39 is 27.6 Å². The molecule has 0 aliphatic rings. The largest absolute Gasteiger partial charge is 0.497 e. The number of hydrogen-bond acceptors (Lipinski definition) is 6. The van der Waals surface area contributed by atoms with Gasteiger partial charge in [-0.2, -0.15) is 4.72 Å². The third-order valence-electron chi connectivity index (χ3n) is 3.71. The van der Waals surface area contributed by atoms with Crippen molar-refractivity contribution in [3.8, 4) is 5.75 Å². The van der Waals surface area contributed by atoms with Crippen molar-refractivity contribution in [2.75, 3.05) is 27.7 Å². The lowest BCUT2D eigenvalue weighted by Crippen LogP contribution is -2.44. The summed E-state index contributed by atoms with van der Waals surface area (Å²) in [5, 5.41) is 0. The van der Waals surface area contributed by atoms with Crippen LogP contribution in [0.2, 0.25) is 0 Å². The zero-order valence-electron chi connectivity index (χ0n) is 17.1. The Hall–Kier alpha value is -1.64. The molecule has 0 fully saturated rings. The lowest BCUT2D eigenvalue weighted by molar-refractivity contribution is -0.157. The molecular weight excluding hydrogens is 368 g/mol. The summed E-state index contributed by atoms with van der Waals surface area (Å²) in [4.78, 5) is 14.6. The number of carbonyl (C=O) groups is 1. The first-order valence-corrected chi connectivity index (χ1v) is 10.5. The van der Waals surface area contributed by atoms with Crippen molar-refractivity contribution < 1.29 is 22.7 Å². The van der Waals surface area contributed by atoms with Crippen LogP contribution in [0.5, 0.6) is 5.75 Å². The van der Waals surface area contributed by atoms with Gasteiger partial charge in [-0.25, -0.2) is 8.42 Å². The Morgan fingerprint density at radius 2 is 1.74 bits per heavy atom. The Bertz CT molecular complexity index is 694. The van der Waals surface area contributed by atoms with Crippen LogP contribution in [-0.2, 0) is 19.6 Å². The van der Waals surface area contributed by atoms with Gasteiger partial charge in [0.25, 0.3) is 0 Å². The maximum atomic E-state index is 12.7. The van der Waals surface area contributed by atoms with Crippen LogP contribution < -0.4 is 9.46 Å². The van der Waals surface area contributed by atoms with Gasteiger partial charge in [0.05, 0.1) is 12.0 Å². The molecule has 0 aromatic heterocycles. The fourth-order valence-electron chi connectivity index (χ4n) is 2.38. The number of rotatable bonds is 10. The van der Waals surface area contributed by atoms with Crippen molar-refractivity contribution in [3.63, 3.8) is 0 Å². The summed E-state index contributed by atoms with van der Waals surface area (Å²) in [6.07, 6.45) is 1.93. The average Bonchev–Trinajstić information content (AvgIpc) is 2.55. The van der Waals surface area contributed by atoms with E-state index in [9.17, 15) is 13.2 Å². The highest BCUT2D eigenvalue weighted by atomic mass is 32.2. The number of carbonyl (C=O) groups excluding carboxylic acids is 1. The lowest BCUT2D eigenvalue weighted by Gasteiger charge is -2.24. The van der Waals surface area contributed by atoms with Gasteiger partial charge in [0, 0.05) is 0 Å². The molecule has 0 heterocycles. The second-order valence-corrected chi connectivity index (χ2v) is 9.40. The number of sulfonamides is 1. The third kappa shape index (κ3) is 8.73. The van der Waals surface area contributed by atoms with Crippen LogP contribution in [0.1, 0.15) is 40.0 Å². The Morgan fingerprint density at radius 3 is 2.22 bits per heavy atom. The number of benzene rings is 1. The molecule has 1 rings (SSSR count). The molecule has 1 N–H and O–H groups in total. The predicted molar refractivity (Wildman–Crippen MR) is 105 cm³/mol. The van der Waals surface area contributed by atoms with Crippen LogP contribution in [0, 0.1) is 0 Å². The van der Waals surface area contributed by atoms with E-state index >= 15 is 0 Å². The number of nitrogens with zero attached hydrogens (tertiary/aromatic N) is 1. The van der Waals surface area contributed by atoms with Gasteiger partial charge in [-0.15, -0.1) is 0 Å². The van der Waals surface area contributed by atoms with Crippen LogP contribution in [0.3, 0.4) is 0 Å². The van der Waals surface area contributed by atoms with Crippen LogP contribution in [0.4, 0.5) is 0 Å². The zero-order chi connectivity index (χ0) is 20.7. The van der Waals surface area contributed by atoms with E-state index in [1.165, 1.54) is 19.2 Å². The monoisotopic (exact) mass is 400 g/mol. The summed E-state index contributed by atoms with van der Waals surface area (Å²) in [7, 11) is 1.59. The van der Waals surface area contributed by atoms with E-state index in [-0.39, 0.29) is 4.90 Å². The second-order valence-electron chi connectivity index (χ2n) is 7.68. The molecule has 0 spiro atoms. The van der Waals surface area contributed by atoms with Crippen molar-refractivity contribution in [1.82, 2.24) is 9.62 Å². The number of ether oxygens (including phenoxy) is 2. The van der Waals surface area contributed by atoms with E-state index in [0.29, 0.717) is 18.6 Å². The Kier molecular flexibility index (Phi) is 8.71. The number of nitrogens with one attached hydrogen (secondary N) is 1. The van der Waals surface area contributed by atoms with Crippen molar-refractivity contribution in [2.24, 2.45) is 0 Å². The van der Waals surface area contributed by atoms with E-state index in [2.05, 4.69) is 4.72 Å². The van der Waals surface area contributed by atoms with Crippen LogP contribution >= 0.6 is 0 Å². The molecule has 154 valence electrons.